The van der Waals surface area contributed by atoms with Crippen LogP contribution in [-0.2, 0) is 16.1 Å². The molecule has 1 aliphatic heterocycles. The highest BCUT2D eigenvalue weighted by Gasteiger charge is 2.57. The first kappa shape index (κ1) is 12.5. The van der Waals surface area contributed by atoms with E-state index < -0.39 is 5.60 Å². The number of carbonyl (C=O) groups is 1. The molecule has 0 aliphatic carbocycles. The molecule has 2 atom stereocenters. The smallest absolute Gasteiger partial charge is 0.258 e. The molecule has 0 aromatic heterocycles. The molecular formula is C13H17NO2S. The predicted molar refractivity (Wildman–Crippen MR) is 69.7 cm³/mol. The predicted octanol–water partition coefficient (Wildman–Crippen LogP) is 2.12. The summed E-state index contributed by atoms with van der Waals surface area (Å²) in [6.45, 7) is 2.52. The van der Waals surface area contributed by atoms with Gasteiger partial charge in [-0.2, -0.15) is 0 Å². The maximum absolute atomic E-state index is 12.1. The average molecular weight is 251 g/mol. The van der Waals surface area contributed by atoms with Gasteiger partial charge >= 0.3 is 0 Å². The fraction of sp³-hybridized carbons (Fsp3) is 0.462. The summed E-state index contributed by atoms with van der Waals surface area (Å²) in [5.41, 5.74) is 0.492. The zero-order chi connectivity index (χ0) is 12.5. The van der Waals surface area contributed by atoms with Crippen LogP contribution in [0.1, 0.15) is 12.5 Å². The van der Waals surface area contributed by atoms with E-state index in [0.29, 0.717) is 6.54 Å². The molecule has 0 radical (unpaired) electrons. The monoisotopic (exact) mass is 251 g/mol. The third-order valence-electron chi connectivity index (χ3n) is 3.28. The van der Waals surface area contributed by atoms with Crippen LogP contribution < -0.4 is 0 Å². The molecule has 0 unspecified atom stereocenters. The third-order valence-corrected chi connectivity index (χ3v) is 4.43. The lowest BCUT2D eigenvalue weighted by Gasteiger charge is -2.52. The van der Waals surface area contributed by atoms with Crippen LogP contribution >= 0.6 is 11.8 Å². The summed E-state index contributed by atoms with van der Waals surface area (Å²) >= 11 is 1.65. The molecule has 4 heteroatoms. The zero-order valence-corrected chi connectivity index (χ0v) is 11.2. The van der Waals surface area contributed by atoms with Gasteiger partial charge in [0.05, 0.1) is 0 Å². The number of nitrogens with zero attached hydrogens (tertiary/aromatic N) is 1. The van der Waals surface area contributed by atoms with Crippen molar-refractivity contribution < 1.29 is 9.53 Å². The van der Waals surface area contributed by atoms with Gasteiger partial charge in [0.25, 0.3) is 5.91 Å². The van der Waals surface area contributed by atoms with E-state index >= 15 is 0 Å². The van der Waals surface area contributed by atoms with Gasteiger partial charge < -0.3 is 9.64 Å². The van der Waals surface area contributed by atoms with E-state index in [1.165, 1.54) is 0 Å². The third kappa shape index (κ3) is 1.96. The van der Waals surface area contributed by atoms with Gasteiger partial charge in [0.1, 0.15) is 5.37 Å². The van der Waals surface area contributed by atoms with E-state index in [0.717, 1.165) is 5.56 Å². The van der Waals surface area contributed by atoms with Gasteiger partial charge in [-0.1, -0.05) is 30.3 Å². The number of hydrogen-bond acceptors (Lipinski definition) is 3. The van der Waals surface area contributed by atoms with E-state index in [9.17, 15) is 4.79 Å². The Bertz CT molecular complexity index is 409. The highest BCUT2D eigenvalue weighted by atomic mass is 32.2. The molecule has 17 heavy (non-hydrogen) atoms. The largest absolute Gasteiger partial charge is 0.366 e. The Morgan fingerprint density at radius 2 is 2.06 bits per heavy atom. The van der Waals surface area contributed by atoms with Crippen molar-refractivity contribution in [1.29, 1.82) is 0 Å². The van der Waals surface area contributed by atoms with Crippen molar-refractivity contribution in [3.05, 3.63) is 35.9 Å². The van der Waals surface area contributed by atoms with Crippen LogP contribution in [0.3, 0.4) is 0 Å². The van der Waals surface area contributed by atoms with E-state index in [4.69, 9.17) is 4.74 Å². The lowest BCUT2D eigenvalue weighted by Crippen LogP contribution is -2.71. The van der Waals surface area contributed by atoms with Gasteiger partial charge in [-0.3, -0.25) is 4.79 Å². The first-order chi connectivity index (χ1) is 8.13. The van der Waals surface area contributed by atoms with E-state index in [-0.39, 0.29) is 11.3 Å². The molecule has 0 bridgehead atoms. The molecule has 2 rings (SSSR count). The summed E-state index contributed by atoms with van der Waals surface area (Å²) in [5.74, 6) is 0.0724. The number of likely N-dealkylation sites (tertiary alicyclic amines) is 1. The van der Waals surface area contributed by atoms with Crippen molar-refractivity contribution >= 4 is 17.7 Å². The molecule has 1 aromatic rings. The molecule has 1 aromatic carbocycles. The summed E-state index contributed by atoms with van der Waals surface area (Å²) in [6, 6.07) is 10.0. The maximum Gasteiger partial charge on any atom is 0.258 e. The minimum atomic E-state index is -0.659. The standard InChI is InChI=1S/C13H17NO2S/c1-13(16-2)11(15)14(12(13)17-3)9-10-7-5-4-6-8-10/h4-8,12H,9H2,1-3H3/t12-,13+/m0/s1. The van der Waals surface area contributed by atoms with E-state index in [2.05, 4.69) is 0 Å². The van der Waals surface area contributed by atoms with Crippen LogP contribution in [0.25, 0.3) is 0 Å². The zero-order valence-electron chi connectivity index (χ0n) is 10.3. The minimum Gasteiger partial charge on any atom is -0.366 e. The van der Waals surface area contributed by atoms with Gasteiger partial charge in [0.15, 0.2) is 5.60 Å². The Kier molecular flexibility index (Phi) is 3.45. The summed E-state index contributed by atoms with van der Waals surface area (Å²) in [4.78, 5) is 13.9. The number of methoxy groups -OCH3 is 1. The molecule has 1 amide bonds. The van der Waals surface area contributed by atoms with Gasteiger partial charge in [-0.15, -0.1) is 11.8 Å². The summed E-state index contributed by atoms with van der Waals surface area (Å²) in [7, 11) is 1.60. The Balaban J connectivity index is 2.11. The Morgan fingerprint density at radius 1 is 1.41 bits per heavy atom. The van der Waals surface area contributed by atoms with Crippen LogP contribution in [0.2, 0.25) is 0 Å². The summed E-state index contributed by atoms with van der Waals surface area (Å²) in [5, 5.41) is 0.0974. The fourth-order valence-electron chi connectivity index (χ4n) is 2.20. The lowest BCUT2D eigenvalue weighted by atomic mass is 9.93. The van der Waals surface area contributed by atoms with Gasteiger partial charge in [0.2, 0.25) is 0 Å². The number of benzene rings is 1. The molecule has 0 N–H and O–H groups in total. The van der Waals surface area contributed by atoms with Crippen LogP contribution in [-0.4, -0.2) is 35.1 Å². The van der Waals surface area contributed by atoms with Crippen LogP contribution in [0.4, 0.5) is 0 Å². The van der Waals surface area contributed by atoms with Crippen molar-refractivity contribution in [1.82, 2.24) is 4.90 Å². The number of thioether (sulfide) groups is 1. The van der Waals surface area contributed by atoms with Crippen LogP contribution in [0, 0.1) is 0 Å². The highest BCUT2D eigenvalue weighted by molar-refractivity contribution is 7.99. The number of β-lactam (4-membered cyclic amide) rings is 1. The fourth-order valence-corrected chi connectivity index (χ4v) is 3.28. The Hall–Kier alpha value is -1.00. The highest BCUT2D eigenvalue weighted by Crippen LogP contribution is 2.40. The number of carbonyl (C=O) groups excluding carboxylic acids is 1. The average Bonchev–Trinajstić information content (AvgIpc) is 2.38. The lowest BCUT2D eigenvalue weighted by molar-refractivity contribution is -0.183. The van der Waals surface area contributed by atoms with Crippen molar-refractivity contribution in [2.24, 2.45) is 0 Å². The number of hydrogen-bond donors (Lipinski definition) is 0. The van der Waals surface area contributed by atoms with Crippen LogP contribution in [0.5, 0.6) is 0 Å². The van der Waals surface area contributed by atoms with E-state index in [1.807, 2.05) is 48.4 Å². The van der Waals surface area contributed by atoms with Crippen molar-refractivity contribution in [2.45, 2.75) is 24.4 Å². The molecule has 3 nitrogen and oxygen atoms in total. The quantitative estimate of drug-likeness (QED) is 0.768. The second-order valence-electron chi connectivity index (χ2n) is 4.32. The molecule has 1 aliphatic rings. The molecular weight excluding hydrogens is 234 g/mol. The Labute approximate surface area is 106 Å². The second kappa shape index (κ2) is 4.70. The van der Waals surface area contributed by atoms with Crippen molar-refractivity contribution in [3.8, 4) is 0 Å². The maximum atomic E-state index is 12.1. The van der Waals surface area contributed by atoms with Crippen LogP contribution in [0.15, 0.2) is 30.3 Å². The topological polar surface area (TPSA) is 29.5 Å². The van der Waals surface area contributed by atoms with Gasteiger partial charge in [-0.25, -0.2) is 0 Å². The molecule has 0 saturated carbocycles. The second-order valence-corrected chi connectivity index (χ2v) is 5.24. The van der Waals surface area contributed by atoms with Gasteiger partial charge in [0, 0.05) is 13.7 Å². The molecule has 1 fully saturated rings. The molecule has 1 heterocycles. The summed E-state index contributed by atoms with van der Waals surface area (Å²) < 4.78 is 5.35. The summed E-state index contributed by atoms with van der Waals surface area (Å²) in [6.07, 6.45) is 2.01. The molecule has 1 saturated heterocycles. The first-order valence-corrected chi connectivity index (χ1v) is 6.85. The van der Waals surface area contributed by atoms with Crippen molar-refractivity contribution in [3.63, 3.8) is 0 Å². The minimum absolute atomic E-state index is 0.0724. The van der Waals surface area contributed by atoms with E-state index in [1.54, 1.807) is 18.9 Å². The molecule has 92 valence electrons. The van der Waals surface area contributed by atoms with Gasteiger partial charge in [-0.05, 0) is 18.7 Å². The number of amides is 1. The molecule has 0 spiro atoms. The normalized spacial score (nSPS) is 28.1. The number of ether oxygens (including phenoxy) is 1. The SMILES string of the molecule is CO[C@]1(C)C(=O)N(Cc2ccccc2)[C@H]1SC. The first-order valence-electron chi connectivity index (χ1n) is 5.56. The van der Waals surface area contributed by atoms with Crippen molar-refractivity contribution in [2.75, 3.05) is 13.4 Å². The Morgan fingerprint density at radius 3 is 2.59 bits per heavy atom. The number of rotatable bonds is 4.